The zero-order valence-corrected chi connectivity index (χ0v) is 15.3. The van der Waals surface area contributed by atoms with Crippen LogP contribution in [0, 0.1) is 0 Å². The molecule has 0 spiro atoms. The van der Waals surface area contributed by atoms with E-state index in [0.29, 0.717) is 10.3 Å². The van der Waals surface area contributed by atoms with E-state index in [1.165, 1.54) is 18.1 Å². The van der Waals surface area contributed by atoms with Crippen molar-refractivity contribution in [2.75, 3.05) is 6.16 Å². The van der Waals surface area contributed by atoms with Crippen LogP contribution < -0.4 is 0 Å². The van der Waals surface area contributed by atoms with E-state index in [0.717, 1.165) is 0 Å². The first-order valence-electron chi connectivity index (χ1n) is 6.80. The average Bonchev–Trinajstić information content (AvgIpc) is 2.67. The third kappa shape index (κ3) is 7.95. The Balaban J connectivity index is 0.000000982. The molecule has 0 unspecified atom stereocenters. The van der Waals surface area contributed by atoms with Gasteiger partial charge in [-0.3, -0.25) is 0 Å². The summed E-state index contributed by atoms with van der Waals surface area (Å²) in [5, 5.41) is 0.991. The fourth-order valence-electron chi connectivity index (χ4n) is 2.72. The molecular formula is C17H29CoP. The average molecular weight is 323 g/mol. The number of hydrogen-bond donors (Lipinski definition) is 0. The van der Waals surface area contributed by atoms with Crippen molar-refractivity contribution in [3.8, 4) is 0 Å². The molecule has 0 aliphatic heterocycles. The molecule has 0 radical (unpaired) electrons. The Morgan fingerprint density at radius 3 is 1.74 bits per heavy atom. The fourth-order valence-corrected chi connectivity index (χ4v) is 7.01. The molecule has 0 amide bonds. The van der Waals surface area contributed by atoms with E-state index in [2.05, 4.69) is 92.3 Å². The Bertz CT molecular complexity index is 356. The first-order chi connectivity index (χ1) is 8.62. The summed E-state index contributed by atoms with van der Waals surface area (Å²) in [6.07, 6.45) is 2.65. The van der Waals surface area contributed by atoms with Crippen LogP contribution in [0.2, 0.25) is 0 Å². The first kappa shape index (κ1) is 18.9. The van der Waals surface area contributed by atoms with Crippen LogP contribution >= 0.6 is 7.92 Å². The van der Waals surface area contributed by atoms with Gasteiger partial charge < -0.3 is 0 Å². The van der Waals surface area contributed by atoms with Crippen LogP contribution in [-0.4, -0.2) is 21.1 Å². The monoisotopic (exact) mass is 323 g/mol. The van der Waals surface area contributed by atoms with E-state index in [1.54, 1.807) is 0 Å². The van der Waals surface area contributed by atoms with Gasteiger partial charge in [-0.15, -0.1) is 0 Å². The molecule has 0 saturated heterocycles. The summed E-state index contributed by atoms with van der Waals surface area (Å²) in [6.45, 7) is 17.6. The van der Waals surface area contributed by atoms with Gasteiger partial charge in [-0.25, -0.2) is 12.1 Å². The normalized spacial score (nSPS) is 11.8. The van der Waals surface area contributed by atoms with Crippen LogP contribution in [0.25, 0.3) is 0 Å². The van der Waals surface area contributed by atoms with Crippen LogP contribution in [0.5, 0.6) is 0 Å². The van der Waals surface area contributed by atoms with Crippen molar-refractivity contribution < 1.29 is 15.3 Å². The first-order valence-corrected chi connectivity index (χ1v) is 9.03. The minimum Gasteiger partial charge on any atom is -0.213 e. The van der Waals surface area contributed by atoms with E-state index >= 15 is 0 Å². The van der Waals surface area contributed by atoms with Gasteiger partial charge in [0.25, 0.3) is 0 Å². The second kappa shape index (κ2) is 8.27. The summed E-state index contributed by atoms with van der Waals surface area (Å²) in [4.78, 5) is 0. The van der Waals surface area contributed by atoms with Crippen molar-refractivity contribution >= 4 is 12.5 Å². The Hall–Kier alpha value is -0.0635. The summed E-state index contributed by atoms with van der Waals surface area (Å²) >= 11 is 3.47. The molecule has 0 bridgehead atoms. The zero-order chi connectivity index (χ0) is 15.1. The van der Waals surface area contributed by atoms with Gasteiger partial charge in [-0.05, 0) is 48.0 Å². The largest absolute Gasteiger partial charge is 0.213 e. The van der Waals surface area contributed by atoms with Crippen LogP contribution in [0.4, 0.5) is 0 Å². The summed E-state index contributed by atoms with van der Waals surface area (Å²) in [7, 11) is -0.351. The Kier molecular flexibility index (Phi) is 8.25. The van der Waals surface area contributed by atoms with Gasteiger partial charge in [0.05, 0.1) is 16.5 Å². The summed E-state index contributed by atoms with van der Waals surface area (Å²) < 4.78 is 2.19. The van der Waals surface area contributed by atoms with E-state index in [9.17, 15) is 0 Å². The smallest absolute Gasteiger partial charge is 0.0698 e. The molecule has 0 aliphatic rings. The zero-order valence-electron chi connectivity index (χ0n) is 13.3. The van der Waals surface area contributed by atoms with Crippen molar-refractivity contribution in [2.24, 2.45) is 0 Å². The Labute approximate surface area is 128 Å². The maximum atomic E-state index is 3.47. The van der Waals surface area contributed by atoms with E-state index in [-0.39, 0.29) is 7.92 Å². The quantitative estimate of drug-likeness (QED) is 0.549. The molecule has 2 heteroatoms. The molecule has 1 rings (SSSR count). The predicted molar refractivity (Wildman–Crippen MR) is 89.1 cm³/mol. The number of hydrogen-bond acceptors (Lipinski definition) is 0. The maximum Gasteiger partial charge on any atom is 0.0698 e. The van der Waals surface area contributed by atoms with Gasteiger partial charge in [0.15, 0.2) is 0 Å². The molecule has 1 aromatic carbocycles. The summed E-state index contributed by atoms with van der Waals surface area (Å²) in [5.41, 5.74) is 1.51. The van der Waals surface area contributed by atoms with E-state index < -0.39 is 0 Å². The standard InChI is InChI=1S/C15H26P.C2H2.Co/c1-14(2,3)16(15(4,5)6)12-11-13-9-7-8-10-13;1-2;/h7-10H,11-12H2,1-6H3;1H2;/q-1;;/p+1. The predicted octanol–water partition coefficient (Wildman–Crippen LogP) is 4.88. The molecule has 0 fully saturated rings. The second-order valence-corrected chi connectivity index (χ2v) is 11.7. The third-order valence-electron chi connectivity index (χ3n) is 3.21. The van der Waals surface area contributed by atoms with E-state index in [1.807, 2.05) is 0 Å². The number of rotatable bonds is 3. The van der Waals surface area contributed by atoms with Crippen LogP contribution in [-0.2, 0) is 21.7 Å². The van der Waals surface area contributed by atoms with Crippen molar-refractivity contribution in [2.45, 2.75) is 58.3 Å². The van der Waals surface area contributed by atoms with Crippen molar-refractivity contribution in [1.82, 2.24) is 0 Å². The molecule has 19 heavy (non-hydrogen) atoms. The van der Waals surface area contributed by atoms with Crippen molar-refractivity contribution in [1.29, 1.82) is 0 Å². The van der Waals surface area contributed by atoms with Gasteiger partial charge in [0.2, 0.25) is 0 Å². The fraction of sp³-hybridized carbons (Fsp3) is 0.588. The maximum absolute atomic E-state index is 3.47. The van der Waals surface area contributed by atoms with Gasteiger partial charge in [0, 0.05) is 7.92 Å². The Morgan fingerprint density at radius 2 is 1.42 bits per heavy atom. The molecule has 0 heterocycles. The minimum absolute atomic E-state index is 0.351. The molecule has 1 aromatic rings. The molecular weight excluding hydrogens is 294 g/mol. The summed E-state index contributed by atoms with van der Waals surface area (Å²) in [6, 6.07) is 8.81. The third-order valence-corrected chi connectivity index (χ3v) is 7.58. The Morgan fingerprint density at radius 1 is 1.05 bits per heavy atom. The summed E-state index contributed by atoms with van der Waals surface area (Å²) in [5.74, 6) is 0. The van der Waals surface area contributed by atoms with Gasteiger partial charge in [-0.1, -0.05) is 0 Å². The van der Waals surface area contributed by atoms with Crippen LogP contribution in [0.15, 0.2) is 30.8 Å². The molecule has 0 nitrogen and oxygen atoms in total. The van der Waals surface area contributed by atoms with Crippen LogP contribution in [0.3, 0.4) is 0 Å². The van der Waals surface area contributed by atoms with Gasteiger partial charge >= 0.3 is 26.5 Å². The van der Waals surface area contributed by atoms with Gasteiger partial charge in [0.1, 0.15) is 0 Å². The molecule has 0 N–H and O–H groups in total. The second-order valence-electron chi connectivity index (χ2n) is 6.89. The van der Waals surface area contributed by atoms with E-state index in [4.69, 9.17) is 0 Å². The SMILES string of the molecule is C=[C]=[Co].CC(C)(C)[PH+](CC[c-]1cccc1)C(C)(C)C. The molecule has 0 aliphatic carbocycles. The van der Waals surface area contributed by atoms with Gasteiger partial charge in [-0.2, -0.15) is 17.7 Å². The topological polar surface area (TPSA) is 0 Å². The van der Waals surface area contributed by atoms with Crippen molar-refractivity contribution in [3.63, 3.8) is 0 Å². The number of aryl methyl sites for hydroxylation is 1. The molecule has 0 atom stereocenters. The molecule has 0 aromatic heterocycles. The van der Waals surface area contributed by atoms with Crippen molar-refractivity contribution in [3.05, 3.63) is 36.4 Å². The van der Waals surface area contributed by atoms with Crippen LogP contribution in [0.1, 0.15) is 47.1 Å². The molecule has 111 valence electrons. The minimum atomic E-state index is -0.351. The molecule has 0 saturated carbocycles.